The van der Waals surface area contributed by atoms with Gasteiger partial charge < -0.3 is 18.9 Å². The molecule has 7 heteroatoms. The van der Waals surface area contributed by atoms with Crippen LogP contribution in [0.2, 0.25) is 0 Å². The number of aromatic amines is 1. The molecular formula is C27H26N2O5. The predicted molar refractivity (Wildman–Crippen MR) is 132 cm³/mol. The number of nitrogens with zero attached hydrogens (tertiary/aromatic N) is 1. The lowest BCUT2D eigenvalue weighted by molar-refractivity contribution is 0.0322. The molecule has 0 saturated heterocycles. The van der Waals surface area contributed by atoms with E-state index in [0.717, 1.165) is 28.1 Å². The van der Waals surface area contributed by atoms with Crippen LogP contribution in [0.25, 0.3) is 29.1 Å². The number of ether oxygens (including phenoxy) is 4. The van der Waals surface area contributed by atoms with Gasteiger partial charge in [-0.1, -0.05) is 60.7 Å². The number of aromatic nitrogens is 2. The molecule has 1 heterocycles. The van der Waals surface area contributed by atoms with E-state index in [1.54, 1.807) is 20.3 Å². The average molecular weight is 459 g/mol. The van der Waals surface area contributed by atoms with Gasteiger partial charge in [-0.05, 0) is 41.0 Å². The van der Waals surface area contributed by atoms with Gasteiger partial charge in [0.1, 0.15) is 0 Å². The van der Waals surface area contributed by atoms with Crippen molar-refractivity contribution in [2.24, 2.45) is 0 Å². The largest absolute Gasteiger partial charge is 0.464 e. The SMILES string of the molecule is COCOc1ccc(C=Cc2ccc(-c3cc(=O)n(-c4ccccc4)[nH]3)cc2)cc1OCOC. The van der Waals surface area contributed by atoms with Crippen LogP contribution in [0, 0.1) is 0 Å². The van der Waals surface area contributed by atoms with Gasteiger partial charge in [-0.3, -0.25) is 9.89 Å². The first-order valence-electron chi connectivity index (χ1n) is 10.7. The molecule has 0 radical (unpaired) electrons. The Morgan fingerprint density at radius 1 is 0.765 bits per heavy atom. The number of H-pyrrole nitrogens is 1. The lowest BCUT2D eigenvalue weighted by Gasteiger charge is -2.12. The van der Waals surface area contributed by atoms with Gasteiger partial charge in [-0.2, -0.15) is 0 Å². The first-order chi connectivity index (χ1) is 16.7. The normalized spacial score (nSPS) is 11.1. The van der Waals surface area contributed by atoms with Crippen molar-refractivity contribution < 1.29 is 18.9 Å². The lowest BCUT2D eigenvalue weighted by atomic mass is 10.1. The van der Waals surface area contributed by atoms with Gasteiger partial charge in [0.2, 0.25) is 0 Å². The Hall–Kier alpha value is -4.07. The second-order valence-corrected chi connectivity index (χ2v) is 7.44. The lowest BCUT2D eigenvalue weighted by Crippen LogP contribution is -2.12. The molecule has 0 aliphatic carbocycles. The fourth-order valence-electron chi connectivity index (χ4n) is 3.38. The summed E-state index contributed by atoms with van der Waals surface area (Å²) in [4.78, 5) is 12.4. The molecule has 3 aromatic carbocycles. The Bertz CT molecular complexity index is 1290. The van der Waals surface area contributed by atoms with Crippen molar-refractivity contribution in [1.82, 2.24) is 9.78 Å². The van der Waals surface area contributed by atoms with E-state index >= 15 is 0 Å². The number of methoxy groups -OCH3 is 2. The van der Waals surface area contributed by atoms with Crippen molar-refractivity contribution >= 4 is 12.2 Å². The summed E-state index contributed by atoms with van der Waals surface area (Å²) in [5.74, 6) is 1.15. The second-order valence-electron chi connectivity index (χ2n) is 7.44. The maximum Gasteiger partial charge on any atom is 0.271 e. The average Bonchev–Trinajstić information content (AvgIpc) is 3.27. The summed E-state index contributed by atoms with van der Waals surface area (Å²) in [6.45, 7) is 0.247. The molecule has 1 aromatic heterocycles. The molecule has 7 nitrogen and oxygen atoms in total. The van der Waals surface area contributed by atoms with Crippen LogP contribution in [-0.2, 0) is 9.47 Å². The number of para-hydroxylation sites is 1. The third-order valence-electron chi connectivity index (χ3n) is 5.06. The topological polar surface area (TPSA) is 74.7 Å². The van der Waals surface area contributed by atoms with Crippen LogP contribution in [0.5, 0.6) is 11.5 Å². The van der Waals surface area contributed by atoms with Crippen molar-refractivity contribution in [2.75, 3.05) is 27.8 Å². The zero-order valence-electron chi connectivity index (χ0n) is 19.1. The van der Waals surface area contributed by atoms with Crippen molar-refractivity contribution in [1.29, 1.82) is 0 Å². The highest BCUT2D eigenvalue weighted by Gasteiger charge is 2.08. The van der Waals surface area contributed by atoms with Crippen LogP contribution in [0.4, 0.5) is 0 Å². The fourth-order valence-corrected chi connectivity index (χ4v) is 3.38. The molecule has 0 saturated carbocycles. The molecular weight excluding hydrogens is 432 g/mol. The zero-order valence-corrected chi connectivity index (χ0v) is 19.1. The molecule has 34 heavy (non-hydrogen) atoms. The highest BCUT2D eigenvalue weighted by Crippen LogP contribution is 2.29. The van der Waals surface area contributed by atoms with Crippen LogP contribution < -0.4 is 15.0 Å². The molecule has 0 fully saturated rings. The van der Waals surface area contributed by atoms with Crippen LogP contribution in [0.1, 0.15) is 11.1 Å². The van der Waals surface area contributed by atoms with Crippen molar-refractivity contribution in [3.8, 4) is 28.4 Å². The minimum atomic E-state index is -0.102. The zero-order chi connectivity index (χ0) is 23.8. The maximum atomic E-state index is 12.4. The molecule has 4 aromatic rings. The molecule has 0 spiro atoms. The third kappa shape index (κ3) is 5.64. The maximum absolute atomic E-state index is 12.4. The van der Waals surface area contributed by atoms with E-state index in [1.807, 2.05) is 84.9 Å². The van der Waals surface area contributed by atoms with E-state index in [2.05, 4.69) is 5.10 Å². The molecule has 0 unspecified atom stereocenters. The van der Waals surface area contributed by atoms with Crippen LogP contribution in [-0.4, -0.2) is 37.6 Å². The van der Waals surface area contributed by atoms with Crippen LogP contribution >= 0.6 is 0 Å². The first-order valence-corrected chi connectivity index (χ1v) is 10.7. The van der Waals surface area contributed by atoms with Gasteiger partial charge in [-0.15, -0.1) is 0 Å². The Morgan fingerprint density at radius 3 is 2.12 bits per heavy atom. The molecule has 0 amide bonds. The quantitative estimate of drug-likeness (QED) is 0.268. The van der Waals surface area contributed by atoms with Crippen molar-refractivity contribution in [3.63, 3.8) is 0 Å². The highest BCUT2D eigenvalue weighted by atomic mass is 16.7. The summed E-state index contributed by atoms with van der Waals surface area (Å²) >= 11 is 0. The molecule has 0 bridgehead atoms. The monoisotopic (exact) mass is 458 g/mol. The van der Waals surface area contributed by atoms with Crippen LogP contribution in [0.3, 0.4) is 0 Å². The number of benzene rings is 3. The second kappa shape index (κ2) is 11.2. The van der Waals surface area contributed by atoms with Gasteiger partial charge in [0.25, 0.3) is 5.56 Å². The number of nitrogens with one attached hydrogen (secondary N) is 1. The Balaban J connectivity index is 1.50. The minimum Gasteiger partial charge on any atom is -0.464 e. The summed E-state index contributed by atoms with van der Waals surface area (Å²) in [7, 11) is 3.13. The third-order valence-corrected chi connectivity index (χ3v) is 5.06. The molecule has 1 N–H and O–H groups in total. The number of hydrogen-bond acceptors (Lipinski definition) is 5. The Morgan fingerprint density at radius 2 is 1.41 bits per heavy atom. The smallest absolute Gasteiger partial charge is 0.271 e. The van der Waals surface area contributed by atoms with E-state index in [0.29, 0.717) is 11.5 Å². The number of hydrogen-bond donors (Lipinski definition) is 1. The van der Waals surface area contributed by atoms with Gasteiger partial charge in [0.15, 0.2) is 25.1 Å². The van der Waals surface area contributed by atoms with Crippen LogP contribution in [0.15, 0.2) is 83.7 Å². The standard InChI is InChI=1S/C27H26N2O5/c1-31-18-33-25-15-12-21(16-26(25)34-19-32-2)9-8-20-10-13-22(14-11-20)24-17-27(30)29(28-24)23-6-4-3-5-7-23/h3-17,28H,18-19H2,1-2H3. The van der Waals surface area contributed by atoms with Crippen molar-refractivity contribution in [3.05, 3.63) is 100 Å². The summed E-state index contributed by atoms with van der Waals surface area (Å²) in [6.07, 6.45) is 4.00. The minimum absolute atomic E-state index is 0.102. The molecule has 4 rings (SSSR count). The van der Waals surface area contributed by atoms with Crippen molar-refractivity contribution in [2.45, 2.75) is 0 Å². The molecule has 0 atom stereocenters. The highest BCUT2D eigenvalue weighted by molar-refractivity contribution is 5.72. The Kier molecular flexibility index (Phi) is 7.60. The number of rotatable bonds is 10. The predicted octanol–water partition coefficient (Wildman–Crippen LogP) is 4.97. The molecule has 174 valence electrons. The summed E-state index contributed by atoms with van der Waals surface area (Å²) in [5.41, 5.74) is 4.35. The molecule has 0 aliphatic rings. The van der Waals surface area contributed by atoms with E-state index in [9.17, 15) is 4.79 Å². The fraction of sp³-hybridized carbons (Fsp3) is 0.148. The Labute approximate surface area is 197 Å². The molecule has 0 aliphatic heterocycles. The van der Waals surface area contributed by atoms with E-state index in [4.69, 9.17) is 18.9 Å². The van der Waals surface area contributed by atoms with Gasteiger partial charge in [0.05, 0.1) is 11.4 Å². The summed E-state index contributed by atoms with van der Waals surface area (Å²) in [6, 6.07) is 24.7. The first kappa shape index (κ1) is 23.1. The van der Waals surface area contributed by atoms with Gasteiger partial charge >= 0.3 is 0 Å². The van der Waals surface area contributed by atoms with Gasteiger partial charge in [0, 0.05) is 20.3 Å². The van der Waals surface area contributed by atoms with E-state index in [-0.39, 0.29) is 19.1 Å². The summed E-state index contributed by atoms with van der Waals surface area (Å²) in [5, 5.41) is 3.18. The van der Waals surface area contributed by atoms with Gasteiger partial charge in [-0.25, -0.2) is 4.68 Å². The van der Waals surface area contributed by atoms with E-state index in [1.165, 1.54) is 4.68 Å². The van der Waals surface area contributed by atoms with E-state index < -0.39 is 0 Å². The summed E-state index contributed by atoms with van der Waals surface area (Å²) < 4.78 is 22.7.